The van der Waals surface area contributed by atoms with Crippen molar-refractivity contribution < 1.29 is 19.1 Å². The van der Waals surface area contributed by atoms with Crippen molar-refractivity contribution in [2.24, 2.45) is 0 Å². The second-order valence-corrected chi connectivity index (χ2v) is 7.33. The van der Waals surface area contributed by atoms with Crippen LogP contribution < -0.4 is 0 Å². The monoisotopic (exact) mass is 374 g/mol. The third-order valence-corrected chi connectivity index (χ3v) is 5.48. The highest BCUT2D eigenvalue weighted by Crippen LogP contribution is 2.39. The summed E-state index contributed by atoms with van der Waals surface area (Å²) in [7, 11) is 2.72. The van der Waals surface area contributed by atoms with Gasteiger partial charge in [0, 0.05) is 9.75 Å². The number of hydrogen-bond acceptors (Lipinski definition) is 6. The summed E-state index contributed by atoms with van der Waals surface area (Å²) in [6, 6.07) is 5.48. The van der Waals surface area contributed by atoms with Crippen LogP contribution in [-0.2, 0) is 20.7 Å². The Hall–Kier alpha value is -1.18. The van der Waals surface area contributed by atoms with Crippen LogP contribution in [0.1, 0.15) is 15.2 Å². The lowest BCUT2D eigenvalue weighted by atomic mass is 10.2. The van der Waals surface area contributed by atoms with Gasteiger partial charge >= 0.3 is 11.9 Å². The van der Waals surface area contributed by atoms with Crippen LogP contribution in [0.2, 0.25) is 0 Å². The predicted molar refractivity (Wildman–Crippen MR) is 82.4 cm³/mol. The number of thiophene rings is 2. The fraction of sp³-hybridized carbons (Fsp3) is 0.231. The topological polar surface area (TPSA) is 52.6 Å². The van der Waals surface area contributed by atoms with E-state index in [1.54, 1.807) is 6.07 Å². The van der Waals surface area contributed by atoms with Gasteiger partial charge in [0.15, 0.2) is 0 Å². The minimum absolute atomic E-state index is 0.208. The normalized spacial score (nSPS) is 10.3. The molecule has 0 saturated carbocycles. The van der Waals surface area contributed by atoms with Crippen LogP contribution in [-0.4, -0.2) is 26.2 Å². The molecule has 0 aliphatic rings. The Morgan fingerprint density at radius 3 is 2.60 bits per heavy atom. The largest absolute Gasteiger partial charge is 0.469 e. The molecule has 20 heavy (non-hydrogen) atoms. The highest BCUT2D eigenvalue weighted by Gasteiger charge is 2.17. The van der Waals surface area contributed by atoms with Gasteiger partial charge < -0.3 is 9.47 Å². The molecule has 0 radical (unpaired) electrons. The smallest absolute Gasteiger partial charge is 0.348 e. The SMILES string of the molecule is COC(=O)Cc1cc(Br)sc1-c1ccc(C(=O)OC)s1. The molecular formula is C13H11BrO4S2. The highest BCUT2D eigenvalue weighted by atomic mass is 79.9. The lowest BCUT2D eigenvalue weighted by molar-refractivity contribution is -0.139. The van der Waals surface area contributed by atoms with Gasteiger partial charge in [0.25, 0.3) is 0 Å². The van der Waals surface area contributed by atoms with Crippen molar-refractivity contribution >= 4 is 50.5 Å². The number of carbonyl (C=O) groups is 2. The molecule has 0 spiro atoms. The molecule has 2 aromatic rings. The fourth-order valence-electron chi connectivity index (χ4n) is 1.63. The molecular weight excluding hydrogens is 364 g/mol. The van der Waals surface area contributed by atoms with Gasteiger partial charge in [-0.3, -0.25) is 4.79 Å². The quantitative estimate of drug-likeness (QED) is 0.764. The van der Waals surface area contributed by atoms with E-state index in [1.165, 1.54) is 36.9 Å². The van der Waals surface area contributed by atoms with Gasteiger partial charge in [0.1, 0.15) is 4.88 Å². The molecule has 0 aliphatic heterocycles. The fourth-order valence-corrected chi connectivity index (χ4v) is 4.37. The molecule has 0 saturated heterocycles. The van der Waals surface area contributed by atoms with Gasteiger partial charge in [-0.05, 0) is 39.7 Å². The van der Waals surface area contributed by atoms with E-state index in [0.717, 1.165) is 19.1 Å². The molecule has 7 heteroatoms. The highest BCUT2D eigenvalue weighted by molar-refractivity contribution is 9.11. The molecule has 0 unspecified atom stereocenters. The molecule has 0 aromatic carbocycles. The first kappa shape index (κ1) is 15.2. The molecule has 2 aromatic heterocycles. The average Bonchev–Trinajstić information content (AvgIpc) is 3.04. The summed E-state index contributed by atoms with van der Waals surface area (Å²) in [6.07, 6.45) is 0.208. The van der Waals surface area contributed by atoms with Crippen molar-refractivity contribution in [3.63, 3.8) is 0 Å². The zero-order chi connectivity index (χ0) is 14.7. The zero-order valence-corrected chi connectivity index (χ0v) is 14.0. The third kappa shape index (κ3) is 3.28. The Bertz CT molecular complexity index is 645. The Morgan fingerprint density at radius 2 is 1.95 bits per heavy atom. The zero-order valence-electron chi connectivity index (χ0n) is 10.8. The summed E-state index contributed by atoms with van der Waals surface area (Å²) in [5.74, 6) is -0.646. The molecule has 2 heterocycles. The number of ether oxygens (including phenoxy) is 2. The summed E-state index contributed by atoms with van der Waals surface area (Å²) < 4.78 is 10.3. The van der Waals surface area contributed by atoms with E-state index in [2.05, 4.69) is 15.9 Å². The lowest BCUT2D eigenvalue weighted by Crippen LogP contribution is -2.04. The number of hydrogen-bond donors (Lipinski definition) is 0. The van der Waals surface area contributed by atoms with Crippen LogP contribution in [0.25, 0.3) is 9.75 Å². The summed E-state index contributed by atoms with van der Waals surface area (Å²) in [5.41, 5.74) is 0.881. The van der Waals surface area contributed by atoms with Crippen molar-refractivity contribution in [2.45, 2.75) is 6.42 Å². The van der Waals surface area contributed by atoms with Crippen LogP contribution in [0.15, 0.2) is 22.0 Å². The number of halogens is 1. The number of carbonyl (C=O) groups excluding carboxylic acids is 2. The molecule has 0 fully saturated rings. The van der Waals surface area contributed by atoms with Gasteiger partial charge in [0.2, 0.25) is 0 Å². The first-order chi connectivity index (χ1) is 9.55. The number of methoxy groups -OCH3 is 2. The first-order valence-corrected chi connectivity index (χ1v) is 8.01. The van der Waals surface area contributed by atoms with Crippen molar-refractivity contribution in [3.8, 4) is 9.75 Å². The van der Waals surface area contributed by atoms with Crippen molar-refractivity contribution in [1.29, 1.82) is 0 Å². The van der Waals surface area contributed by atoms with E-state index in [4.69, 9.17) is 9.47 Å². The van der Waals surface area contributed by atoms with Crippen molar-refractivity contribution in [2.75, 3.05) is 14.2 Å². The number of rotatable bonds is 4. The van der Waals surface area contributed by atoms with Crippen molar-refractivity contribution in [1.82, 2.24) is 0 Å². The van der Waals surface area contributed by atoms with Crippen molar-refractivity contribution in [3.05, 3.63) is 32.4 Å². The maximum absolute atomic E-state index is 11.5. The minimum Gasteiger partial charge on any atom is -0.469 e. The lowest BCUT2D eigenvalue weighted by Gasteiger charge is -2.00. The van der Waals surface area contributed by atoms with Crippen LogP contribution in [0.5, 0.6) is 0 Å². The van der Waals surface area contributed by atoms with Gasteiger partial charge in [-0.15, -0.1) is 22.7 Å². The second kappa shape index (κ2) is 6.51. The Morgan fingerprint density at radius 1 is 1.20 bits per heavy atom. The predicted octanol–water partition coefficient (Wildman–Crippen LogP) is 3.74. The molecule has 0 bridgehead atoms. The molecule has 0 aliphatic carbocycles. The maximum Gasteiger partial charge on any atom is 0.348 e. The van der Waals surface area contributed by atoms with Crippen LogP contribution >= 0.6 is 38.6 Å². The van der Waals surface area contributed by atoms with Crippen LogP contribution in [0, 0.1) is 0 Å². The molecule has 0 amide bonds. The van der Waals surface area contributed by atoms with Gasteiger partial charge in [0.05, 0.1) is 24.4 Å². The van der Waals surface area contributed by atoms with Gasteiger partial charge in [-0.1, -0.05) is 0 Å². The Kier molecular flexibility index (Phi) is 4.95. The molecule has 0 atom stereocenters. The Labute approximate surface area is 132 Å². The van der Waals surface area contributed by atoms with Gasteiger partial charge in [-0.2, -0.15) is 0 Å². The summed E-state index contributed by atoms with van der Waals surface area (Å²) in [5, 5.41) is 0. The summed E-state index contributed by atoms with van der Waals surface area (Å²) >= 11 is 6.28. The van der Waals surface area contributed by atoms with E-state index < -0.39 is 0 Å². The van der Waals surface area contributed by atoms with Gasteiger partial charge in [-0.25, -0.2) is 4.79 Å². The van der Waals surface area contributed by atoms with Crippen LogP contribution in [0.4, 0.5) is 0 Å². The average molecular weight is 375 g/mol. The first-order valence-electron chi connectivity index (χ1n) is 5.58. The van der Waals surface area contributed by atoms with Crippen LogP contribution in [0.3, 0.4) is 0 Å². The molecule has 106 valence electrons. The van der Waals surface area contributed by atoms with E-state index in [-0.39, 0.29) is 18.4 Å². The van der Waals surface area contributed by atoms with E-state index in [9.17, 15) is 9.59 Å². The molecule has 2 rings (SSSR count). The Balaban J connectivity index is 2.34. The van der Waals surface area contributed by atoms with E-state index >= 15 is 0 Å². The van der Waals surface area contributed by atoms with E-state index in [0.29, 0.717) is 4.88 Å². The maximum atomic E-state index is 11.5. The third-order valence-electron chi connectivity index (χ3n) is 2.56. The summed E-state index contributed by atoms with van der Waals surface area (Å²) in [6.45, 7) is 0. The minimum atomic E-state index is -0.355. The second-order valence-electron chi connectivity index (χ2n) is 3.81. The molecule has 4 nitrogen and oxygen atoms in total. The van der Waals surface area contributed by atoms with E-state index in [1.807, 2.05) is 12.1 Å². The number of esters is 2. The summed E-state index contributed by atoms with van der Waals surface area (Å²) in [4.78, 5) is 25.3. The molecule has 0 N–H and O–H groups in total. The standard InChI is InChI=1S/C13H11BrO4S2/c1-17-11(15)6-7-5-10(14)20-12(7)8-3-4-9(19-8)13(16)18-2/h3-5H,6H2,1-2H3.